The van der Waals surface area contributed by atoms with Crippen LogP contribution in [-0.4, -0.2) is 49.4 Å². The summed E-state index contributed by atoms with van der Waals surface area (Å²) in [5.41, 5.74) is 0. The first kappa shape index (κ1) is 24.1. The lowest BCUT2D eigenvalue weighted by molar-refractivity contribution is 0.120. The van der Waals surface area contributed by atoms with Gasteiger partial charge >= 0.3 is 6.03 Å². The van der Waals surface area contributed by atoms with Gasteiger partial charge in [-0.2, -0.15) is 0 Å². The molecule has 2 atom stereocenters. The number of aliphatic hydroxyl groups excluding tert-OH is 2. The summed E-state index contributed by atoms with van der Waals surface area (Å²) in [5.74, 6) is 0. The molecule has 5 N–H and O–H groups in total. The van der Waals surface area contributed by atoms with E-state index in [0.717, 1.165) is 13.1 Å². The Hall–Kier alpha value is 0.890. The minimum atomic E-state index is -2.12. The van der Waals surface area contributed by atoms with E-state index in [1.165, 1.54) is 0 Å². The second kappa shape index (κ2) is 11.4. The third kappa shape index (κ3) is 14.2. The van der Waals surface area contributed by atoms with Gasteiger partial charge < -0.3 is 26.2 Å². The maximum Gasteiger partial charge on any atom is 0.319 e. The number of carbonyl (C=O) groups is 1. The Kier molecular flexibility index (Phi) is 13.1. The Morgan fingerprint density at radius 2 is 1.19 bits per heavy atom. The van der Waals surface area contributed by atoms with E-state index in [2.05, 4.69) is 19.2 Å². The molecule has 0 aromatic heterocycles. The fourth-order valence-corrected chi connectivity index (χ4v) is 1.03. The van der Waals surface area contributed by atoms with Gasteiger partial charge in [-0.05, 0) is 13.1 Å². The number of urea groups is 1. The molecule has 0 saturated heterocycles. The van der Waals surface area contributed by atoms with Crippen molar-refractivity contribution in [1.29, 1.82) is 0 Å². The molecule has 0 aliphatic rings. The van der Waals surface area contributed by atoms with E-state index in [1.807, 2.05) is 0 Å². The number of aliphatic hydroxyl groups is 2. The zero-order valence-corrected chi connectivity index (χ0v) is 15.7. The molecule has 0 bridgehead atoms. The Labute approximate surface area is 153 Å². The molecule has 2 amide bonds. The van der Waals surface area contributed by atoms with Crippen LogP contribution >= 0.6 is 69.6 Å². The predicted molar refractivity (Wildman–Crippen MR) is 88.5 cm³/mol. The van der Waals surface area contributed by atoms with Crippen molar-refractivity contribution in [1.82, 2.24) is 16.0 Å². The quantitative estimate of drug-likeness (QED) is 0.351. The average Bonchev–Trinajstić information content (AvgIpc) is 2.27. The largest absolute Gasteiger partial charge is 0.369 e. The minimum absolute atomic E-state index is 1.09. The molecule has 0 aliphatic carbocycles. The van der Waals surface area contributed by atoms with Gasteiger partial charge in [0.25, 0.3) is 0 Å². The summed E-state index contributed by atoms with van der Waals surface area (Å²) < 4.78 is -4.25. The lowest BCUT2D eigenvalue weighted by atomic mass is 10.6. The van der Waals surface area contributed by atoms with E-state index in [0.29, 0.717) is 0 Å². The number of carbonyl (C=O) groups excluding carboxylic acids is 1. The molecule has 0 heterocycles. The van der Waals surface area contributed by atoms with Gasteiger partial charge in [0.05, 0.1) is 0 Å². The van der Waals surface area contributed by atoms with Crippen LogP contribution in [0.25, 0.3) is 0 Å². The second-order valence-electron chi connectivity index (χ2n) is 3.46. The highest BCUT2D eigenvalue weighted by atomic mass is 35.6. The zero-order chi connectivity index (χ0) is 17.3. The number of nitrogens with one attached hydrogen (secondary N) is 3. The molecule has 6 nitrogen and oxygen atoms in total. The van der Waals surface area contributed by atoms with Gasteiger partial charge in [0.15, 0.2) is 12.5 Å². The van der Waals surface area contributed by atoms with E-state index >= 15 is 0 Å². The van der Waals surface area contributed by atoms with Gasteiger partial charge in [0, 0.05) is 0 Å². The molecule has 0 rings (SSSR count). The summed E-state index contributed by atoms with van der Waals surface area (Å²) in [6, 6.07) is -1.09. The van der Waals surface area contributed by atoms with Crippen molar-refractivity contribution in [3.63, 3.8) is 0 Å². The van der Waals surface area contributed by atoms with Crippen molar-refractivity contribution in [2.45, 2.75) is 33.9 Å². The smallest absolute Gasteiger partial charge is 0.319 e. The summed E-state index contributed by atoms with van der Waals surface area (Å²) in [6.07, 6.45) is -3.58. The van der Waals surface area contributed by atoms with Gasteiger partial charge in [-0.15, -0.1) is 0 Å². The average molecular weight is 428 g/mol. The van der Waals surface area contributed by atoms with Gasteiger partial charge in [-0.3, -0.25) is 0 Å². The monoisotopic (exact) mass is 425 g/mol. The standard InChI is InChI=1S/C5H6Cl6N2O3.C4H11N/c6-4(7,8)1(14)12-3(16)13-2(15)5(9,10)11;1-3-5-4-2/h1-2,14-15H,(H2,12,13,16);5H,3-4H2,1-2H3. The summed E-state index contributed by atoms with van der Waals surface area (Å²) in [6.45, 7) is 6.39. The summed E-state index contributed by atoms with van der Waals surface area (Å²) in [5, 5.41) is 25.0. The normalized spacial score (nSPS) is 14.6. The van der Waals surface area contributed by atoms with E-state index in [-0.39, 0.29) is 0 Å². The van der Waals surface area contributed by atoms with Gasteiger partial charge in [-0.1, -0.05) is 83.5 Å². The molecule has 0 aromatic carbocycles. The lowest BCUT2D eigenvalue weighted by Gasteiger charge is -2.23. The molecule has 128 valence electrons. The van der Waals surface area contributed by atoms with Crippen molar-refractivity contribution in [3.8, 4) is 0 Å². The number of amides is 2. The van der Waals surface area contributed by atoms with Crippen LogP contribution in [0.4, 0.5) is 4.79 Å². The van der Waals surface area contributed by atoms with E-state index in [9.17, 15) is 4.79 Å². The van der Waals surface area contributed by atoms with Crippen LogP contribution in [-0.2, 0) is 0 Å². The van der Waals surface area contributed by atoms with E-state index in [4.69, 9.17) is 79.8 Å². The fourth-order valence-electron chi connectivity index (χ4n) is 0.704. The van der Waals surface area contributed by atoms with E-state index < -0.39 is 26.1 Å². The highest BCUT2D eigenvalue weighted by Crippen LogP contribution is 2.30. The molecule has 21 heavy (non-hydrogen) atoms. The summed E-state index contributed by atoms with van der Waals surface area (Å²) >= 11 is 31.5. The SMILES string of the molecule is CCNCC.O=C(NC(O)C(Cl)(Cl)Cl)NC(O)C(Cl)(Cl)Cl. The van der Waals surface area contributed by atoms with Crippen LogP contribution in [0.2, 0.25) is 0 Å². The Balaban J connectivity index is 0. The van der Waals surface area contributed by atoms with Crippen LogP contribution in [0.15, 0.2) is 0 Å². The van der Waals surface area contributed by atoms with Crippen LogP contribution < -0.4 is 16.0 Å². The predicted octanol–water partition coefficient (Wildman–Crippen LogP) is 2.28. The van der Waals surface area contributed by atoms with Gasteiger partial charge in [-0.25, -0.2) is 4.79 Å². The van der Waals surface area contributed by atoms with Crippen LogP contribution in [0.3, 0.4) is 0 Å². The Morgan fingerprint density at radius 1 is 0.905 bits per heavy atom. The first-order chi connectivity index (χ1) is 9.36. The number of hydrogen-bond donors (Lipinski definition) is 5. The van der Waals surface area contributed by atoms with Crippen LogP contribution in [0, 0.1) is 0 Å². The molecule has 12 heteroatoms. The zero-order valence-electron chi connectivity index (χ0n) is 11.1. The third-order valence-electron chi connectivity index (χ3n) is 1.66. The summed E-state index contributed by atoms with van der Waals surface area (Å²) in [4.78, 5) is 11.1. The van der Waals surface area contributed by atoms with Crippen molar-refractivity contribution in [2.75, 3.05) is 13.1 Å². The first-order valence-corrected chi connectivity index (χ1v) is 7.90. The van der Waals surface area contributed by atoms with Crippen LogP contribution in [0.5, 0.6) is 0 Å². The van der Waals surface area contributed by atoms with Gasteiger partial charge in [0.1, 0.15) is 0 Å². The summed E-state index contributed by atoms with van der Waals surface area (Å²) in [7, 11) is 0. The topological polar surface area (TPSA) is 93.6 Å². The molecule has 0 saturated carbocycles. The van der Waals surface area contributed by atoms with Gasteiger partial charge in [0.2, 0.25) is 7.59 Å². The Morgan fingerprint density at radius 3 is 1.33 bits per heavy atom. The number of alkyl halides is 6. The molecule has 0 fully saturated rings. The molecule has 2 unspecified atom stereocenters. The molecular weight excluding hydrogens is 411 g/mol. The van der Waals surface area contributed by atoms with Crippen molar-refractivity contribution >= 4 is 75.6 Å². The maximum absolute atomic E-state index is 11.1. The highest BCUT2D eigenvalue weighted by Gasteiger charge is 2.35. The molecule has 0 aliphatic heterocycles. The fraction of sp³-hybridized carbons (Fsp3) is 0.889. The molecule has 0 aromatic rings. The Bertz CT molecular complexity index is 271. The van der Waals surface area contributed by atoms with Crippen LogP contribution in [0.1, 0.15) is 13.8 Å². The molecular formula is C9H17Cl6N3O3. The maximum atomic E-state index is 11.1. The van der Waals surface area contributed by atoms with E-state index in [1.54, 1.807) is 10.6 Å². The van der Waals surface area contributed by atoms with Crippen molar-refractivity contribution in [2.24, 2.45) is 0 Å². The highest BCUT2D eigenvalue weighted by molar-refractivity contribution is 6.68. The number of halogens is 6. The third-order valence-corrected chi connectivity index (χ3v) is 2.90. The molecule has 0 spiro atoms. The number of hydrogen-bond acceptors (Lipinski definition) is 4. The lowest BCUT2D eigenvalue weighted by Crippen LogP contribution is -2.53. The first-order valence-electron chi connectivity index (χ1n) is 5.63. The molecule has 0 radical (unpaired) electrons. The van der Waals surface area contributed by atoms with Crippen molar-refractivity contribution in [3.05, 3.63) is 0 Å². The minimum Gasteiger partial charge on any atom is -0.369 e. The van der Waals surface area contributed by atoms with Crippen molar-refractivity contribution < 1.29 is 15.0 Å². The second-order valence-corrected chi connectivity index (χ2v) is 8.20. The number of rotatable bonds is 4.